The predicted octanol–water partition coefficient (Wildman–Crippen LogP) is 4.62. The number of para-hydroxylation sites is 1. The highest BCUT2D eigenvalue weighted by atomic mass is 16.5. The standard InChI is InChI=1S/C26H29NO5/c1-3-30-25-17-22(26(28)27-18-20-9-11-21(12-10-20)19-29-2)13-14-24(25)32-16-15-31-23-7-5-4-6-8-23/h4-14,17H,3,15-16,18-19H2,1-2H3,(H,27,28). The average Bonchev–Trinajstić information content (AvgIpc) is 2.83. The summed E-state index contributed by atoms with van der Waals surface area (Å²) in [6, 6.07) is 22.7. The van der Waals surface area contributed by atoms with E-state index in [0.29, 0.717) is 50.0 Å². The molecule has 3 aromatic rings. The van der Waals surface area contributed by atoms with Gasteiger partial charge in [-0.2, -0.15) is 0 Å². The van der Waals surface area contributed by atoms with Crippen molar-refractivity contribution >= 4 is 5.91 Å². The Morgan fingerprint density at radius 1 is 0.812 bits per heavy atom. The summed E-state index contributed by atoms with van der Waals surface area (Å²) in [5, 5.41) is 2.94. The van der Waals surface area contributed by atoms with E-state index in [1.54, 1.807) is 25.3 Å². The van der Waals surface area contributed by atoms with Gasteiger partial charge in [0, 0.05) is 19.2 Å². The molecule has 1 N–H and O–H groups in total. The van der Waals surface area contributed by atoms with Crippen molar-refractivity contribution in [2.24, 2.45) is 0 Å². The summed E-state index contributed by atoms with van der Waals surface area (Å²) >= 11 is 0. The molecule has 0 spiro atoms. The Hall–Kier alpha value is -3.51. The number of nitrogens with one attached hydrogen (secondary N) is 1. The van der Waals surface area contributed by atoms with Gasteiger partial charge in [-0.05, 0) is 48.4 Å². The topological polar surface area (TPSA) is 66.0 Å². The van der Waals surface area contributed by atoms with Gasteiger partial charge >= 0.3 is 0 Å². The van der Waals surface area contributed by atoms with Gasteiger partial charge in [-0.15, -0.1) is 0 Å². The number of ether oxygens (including phenoxy) is 4. The molecule has 168 valence electrons. The van der Waals surface area contributed by atoms with Crippen LogP contribution in [0.15, 0.2) is 72.8 Å². The lowest BCUT2D eigenvalue weighted by Gasteiger charge is -2.14. The molecule has 1 amide bonds. The second-order valence-corrected chi connectivity index (χ2v) is 7.04. The largest absolute Gasteiger partial charge is 0.490 e. The van der Waals surface area contributed by atoms with Crippen LogP contribution in [0.5, 0.6) is 17.2 Å². The van der Waals surface area contributed by atoms with Crippen LogP contribution in [0, 0.1) is 0 Å². The van der Waals surface area contributed by atoms with Gasteiger partial charge in [-0.1, -0.05) is 42.5 Å². The number of amides is 1. The molecule has 0 saturated carbocycles. The molecule has 0 aliphatic carbocycles. The molecule has 6 nitrogen and oxygen atoms in total. The van der Waals surface area contributed by atoms with E-state index in [1.165, 1.54) is 0 Å². The first-order valence-corrected chi connectivity index (χ1v) is 10.6. The lowest BCUT2D eigenvalue weighted by atomic mass is 10.1. The van der Waals surface area contributed by atoms with Crippen LogP contribution in [0.2, 0.25) is 0 Å². The van der Waals surface area contributed by atoms with Crippen molar-refractivity contribution in [2.75, 3.05) is 26.9 Å². The summed E-state index contributed by atoms with van der Waals surface area (Å²) in [6.45, 7) is 4.13. The maximum atomic E-state index is 12.6. The van der Waals surface area contributed by atoms with Crippen LogP contribution in [0.3, 0.4) is 0 Å². The Bertz CT molecular complexity index is 973. The minimum atomic E-state index is -0.175. The number of benzene rings is 3. The number of hydrogen-bond acceptors (Lipinski definition) is 5. The minimum absolute atomic E-state index is 0.175. The molecule has 6 heteroatoms. The van der Waals surface area contributed by atoms with Crippen LogP contribution in [0.1, 0.15) is 28.4 Å². The molecule has 0 atom stereocenters. The SMILES string of the molecule is CCOc1cc(C(=O)NCc2ccc(COC)cc2)ccc1OCCOc1ccccc1. The molecule has 0 unspecified atom stereocenters. The van der Waals surface area contributed by atoms with Crippen LogP contribution in [0.25, 0.3) is 0 Å². The summed E-state index contributed by atoms with van der Waals surface area (Å²) < 4.78 is 22.3. The molecule has 0 aliphatic rings. The van der Waals surface area contributed by atoms with Crippen molar-refractivity contribution < 1.29 is 23.7 Å². The normalized spacial score (nSPS) is 10.4. The zero-order valence-corrected chi connectivity index (χ0v) is 18.5. The highest BCUT2D eigenvalue weighted by Gasteiger charge is 2.12. The first kappa shape index (κ1) is 23.2. The molecular formula is C26H29NO5. The molecule has 0 aliphatic heterocycles. The Balaban J connectivity index is 1.54. The summed E-state index contributed by atoms with van der Waals surface area (Å²) in [4.78, 5) is 12.6. The van der Waals surface area contributed by atoms with Crippen LogP contribution in [0.4, 0.5) is 0 Å². The van der Waals surface area contributed by atoms with Gasteiger partial charge in [0.1, 0.15) is 19.0 Å². The van der Waals surface area contributed by atoms with E-state index >= 15 is 0 Å². The molecule has 3 aromatic carbocycles. The third-order valence-corrected chi connectivity index (χ3v) is 4.65. The minimum Gasteiger partial charge on any atom is -0.490 e. The number of carbonyl (C=O) groups excluding carboxylic acids is 1. The monoisotopic (exact) mass is 435 g/mol. The first-order chi connectivity index (χ1) is 15.7. The quantitative estimate of drug-likeness (QED) is 0.421. The fourth-order valence-electron chi connectivity index (χ4n) is 3.07. The van der Waals surface area contributed by atoms with Crippen molar-refractivity contribution in [3.05, 3.63) is 89.5 Å². The molecule has 0 aromatic heterocycles. The van der Waals surface area contributed by atoms with Crippen LogP contribution < -0.4 is 19.5 Å². The molecular weight excluding hydrogens is 406 g/mol. The van der Waals surface area contributed by atoms with E-state index in [9.17, 15) is 4.79 Å². The highest BCUT2D eigenvalue weighted by molar-refractivity contribution is 5.94. The van der Waals surface area contributed by atoms with E-state index in [4.69, 9.17) is 18.9 Å². The van der Waals surface area contributed by atoms with Gasteiger partial charge in [-0.3, -0.25) is 4.79 Å². The van der Waals surface area contributed by atoms with Crippen molar-refractivity contribution in [3.63, 3.8) is 0 Å². The van der Waals surface area contributed by atoms with Crippen molar-refractivity contribution in [1.29, 1.82) is 0 Å². The highest BCUT2D eigenvalue weighted by Crippen LogP contribution is 2.28. The van der Waals surface area contributed by atoms with E-state index in [2.05, 4.69) is 5.32 Å². The van der Waals surface area contributed by atoms with Crippen molar-refractivity contribution in [2.45, 2.75) is 20.1 Å². The summed E-state index contributed by atoms with van der Waals surface area (Å²) in [5.41, 5.74) is 2.62. The van der Waals surface area contributed by atoms with Crippen LogP contribution >= 0.6 is 0 Å². The zero-order valence-electron chi connectivity index (χ0n) is 18.5. The Morgan fingerprint density at radius 3 is 2.25 bits per heavy atom. The number of carbonyl (C=O) groups is 1. The Morgan fingerprint density at radius 2 is 1.53 bits per heavy atom. The van der Waals surface area contributed by atoms with Crippen LogP contribution in [-0.2, 0) is 17.9 Å². The third-order valence-electron chi connectivity index (χ3n) is 4.65. The second-order valence-electron chi connectivity index (χ2n) is 7.04. The Kier molecular flexibility index (Phi) is 8.95. The maximum absolute atomic E-state index is 12.6. The fourth-order valence-corrected chi connectivity index (χ4v) is 3.07. The summed E-state index contributed by atoms with van der Waals surface area (Å²) in [6.07, 6.45) is 0. The summed E-state index contributed by atoms with van der Waals surface area (Å²) in [7, 11) is 1.67. The lowest BCUT2D eigenvalue weighted by Crippen LogP contribution is -2.22. The molecule has 0 bridgehead atoms. The smallest absolute Gasteiger partial charge is 0.251 e. The summed E-state index contributed by atoms with van der Waals surface area (Å²) in [5.74, 6) is 1.73. The van der Waals surface area contributed by atoms with Gasteiger partial charge in [0.25, 0.3) is 5.91 Å². The maximum Gasteiger partial charge on any atom is 0.251 e. The van der Waals surface area contributed by atoms with Gasteiger partial charge < -0.3 is 24.3 Å². The number of hydrogen-bond donors (Lipinski definition) is 1. The van der Waals surface area contributed by atoms with Gasteiger partial charge in [0.15, 0.2) is 11.5 Å². The Labute approximate surface area is 189 Å². The van der Waals surface area contributed by atoms with Crippen molar-refractivity contribution in [1.82, 2.24) is 5.32 Å². The molecule has 0 saturated heterocycles. The molecule has 0 heterocycles. The zero-order chi connectivity index (χ0) is 22.6. The van der Waals surface area contributed by atoms with E-state index in [1.807, 2.05) is 61.5 Å². The number of methoxy groups -OCH3 is 1. The van der Waals surface area contributed by atoms with E-state index in [0.717, 1.165) is 16.9 Å². The molecule has 0 fully saturated rings. The number of rotatable bonds is 12. The lowest BCUT2D eigenvalue weighted by molar-refractivity contribution is 0.0950. The van der Waals surface area contributed by atoms with E-state index in [-0.39, 0.29) is 5.91 Å². The van der Waals surface area contributed by atoms with Gasteiger partial charge in [0.05, 0.1) is 13.2 Å². The predicted molar refractivity (Wildman–Crippen MR) is 123 cm³/mol. The second kappa shape index (κ2) is 12.4. The first-order valence-electron chi connectivity index (χ1n) is 10.6. The third kappa shape index (κ3) is 7.03. The molecule has 0 radical (unpaired) electrons. The van der Waals surface area contributed by atoms with Crippen LogP contribution in [-0.4, -0.2) is 32.8 Å². The molecule has 32 heavy (non-hydrogen) atoms. The van der Waals surface area contributed by atoms with Gasteiger partial charge in [0.2, 0.25) is 0 Å². The van der Waals surface area contributed by atoms with Gasteiger partial charge in [-0.25, -0.2) is 0 Å². The van der Waals surface area contributed by atoms with E-state index < -0.39 is 0 Å². The fraction of sp³-hybridized carbons (Fsp3) is 0.269. The van der Waals surface area contributed by atoms with Crippen molar-refractivity contribution in [3.8, 4) is 17.2 Å². The molecule has 3 rings (SSSR count). The average molecular weight is 436 g/mol.